The lowest BCUT2D eigenvalue weighted by Gasteiger charge is -2.06. The van der Waals surface area contributed by atoms with E-state index in [9.17, 15) is 9.18 Å². The highest BCUT2D eigenvalue weighted by Crippen LogP contribution is 2.24. The number of aromatic nitrogens is 1. The molecular formula is C12H9FN2O. The van der Waals surface area contributed by atoms with Crippen molar-refractivity contribution < 1.29 is 9.18 Å². The molecule has 1 amide bonds. The van der Waals surface area contributed by atoms with E-state index in [1.807, 2.05) is 0 Å². The van der Waals surface area contributed by atoms with Gasteiger partial charge in [-0.05, 0) is 24.3 Å². The number of hydrogen-bond donors (Lipinski definition) is 1. The number of halogens is 1. The summed E-state index contributed by atoms with van der Waals surface area (Å²) in [6, 6.07) is 9.27. The molecule has 0 atom stereocenters. The minimum atomic E-state index is -0.667. The number of rotatable bonds is 2. The maximum Gasteiger partial charge on any atom is 0.249 e. The maximum atomic E-state index is 13.6. The monoisotopic (exact) mass is 216 g/mol. The highest BCUT2D eigenvalue weighted by molar-refractivity contribution is 5.99. The fraction of sp³-hybridized carbons (Fsp3) is 0. The van der Waals surface area contributed by atoms with Crippen LogP contribution < -0.4 is 5.73 Å². The molecule has 0 bridgehead atoms. The average molecular weight is 216 g/mol. The first-order chi connectivity index (χ1) is 7.70. The molecule has 2 N–H and O–H groups in total. The van der Waals surface area contributed by atoms with E-state index < -0.39 is 11.7 Å². The number of carbonyl (C=O) groups is 1. The SMILES string of the molecule is NC(=O)c1cccc(F)c1-c1ccccn1. The van der Waals surface area contributed by atoms with Gasteiger partial charge < -0.3 is 5.73 Å². The maximum absolute atomic E-state index is 13.6. The van der Waals surface area contributed by atoms with Crippen molar-refractivity contribution in [3.8, 4) is 11.3 Å². The van der Waals surface area contributed by atoms with Gasteiger partial charge in [0.05, 0.1) is 11.3 Å². The van der Waals surface area contributed by atoms with Crippen LogP contribution in [0.1, 0.15) is 10.4 Å². The van der Waals surface area contributed by atoms with Crippen LogP contribution in [0.25, 0.3) is 11.3 Å². The third-order valence-corrected chi connectivity index (χ3v) is 2.20. The van der Waals surface area contributed by atoms with Gasteiger partial charge in [-0.3, -0.25) is 9.78 Å². The van der Waals surface area contributed by atoms with Gasteiger partial charge in [0.1, 0.15) is 5.82 Å². The van der Waals surface area contributed by atoms with Gasteiger partial charge in [-0.25, -0.2) is 4.39 Å². The highest BCUT2D eigenvalue weighted by Gasteiger charge is 2.14. The zero-order valence-electron chi connectivity index (χ0n) is 8.35. The summed E-state index contributed by atoms with van der Waals surface area (Å²) in [6.07, 6.45) is 1.53. The Morgan fingerprint density at radius 3 is 2.62 bits per heavy atom. The van der Waals surface area contributed by atoms with Crippen molar-refractivity contribution in [2.75, 3.05) is 0 Å². The Hall–Kier alpha value is -2.23. The van der Waals surface area contributed by atoms with Crippen molar-refractivity contribution in [2.24, 2.45) is 5.73 Å². The molecule has 0 saturated carbocycles. The fourth-order valence-electron chi connectivity index (χ4n) is 1.50. The molecule has 0 unspecified atom stereocenters. The van der Waals surface area contributed by atoms with Crippen LogP contribution in [0.4, 0.5) is 4.39 Å². The van der Waals surface area contributed by atoms with Crippen molar-refractivity contribution in [3.63, 3.8) is 0 Å². The molecule has 0 aliphatic carbocycles. The Balaban J connectivity index is 2.68. The quantitative estimate of drug-likeness (QED) is 0.834. The number of nitrogens with zero attached hydrogens (tertiary/aromatic N) is 1. The summed E-state index contributed by atoms with van der Waals surface area (Å²) >= 11 is 0. The summed E-state index contributed by atoms with van der Waals surface area (Å²) in [7, 11) is 0. The van der Waals surface area contributed by atoms with E-state index in [-0.39, 0.29) is 11.1 Å². The summed E-state index contributed by atoms with van der Waals surface area (Å²) in [6.45, 7) is 0. The van der Waals surface area contributed by atoms with E-state index in [1.165, 1.54) is 24.4 Å². The summed E-state index contributed by atoms with van der Waals surface area (Å²) in [5.41, 5.74) is 5.87. The predicted molar refractivity (Wildman–Crippen MR) is 58.1 cm³/mol. The van der Waals surface area contributed by atoms with Gasteiger partial charge in [-0.15, -0.1) is 0 Å². The average Bonchev–Trinajstić information content (AvgIpc) is 2.29. The van der Waals surface area contributed by atoms with E-state index in [4.69, 9.17) is 5.73 Å². The topological polar surface area (TPSA) is 56.0 Å². The summed E-state index contributed by atoms with van der Waals surface area (Å²) < 4.78 is 13.6. The largest absolute Gasteiger partial charge is 0.366 e. The number of primary amides is 1. The zero-order valence-corrected chi connectivity index (χ0v) is 8.35. The lowest BCUT2D eigenvalue weighted by atomic mass is 10.0. The second-order valence-electron chi connectivity index (χ2n) is 3.24. The van der Waals surface area contributed by atoms with Crippen LogP contribution in [-0.2, 0) is 0 Å². The van der Waals surface area contributed by atoms with Crippen LogP contribution in [0.5, 0.6) is 0 Å². The lowest BCUT2D eigenvalue weighted by Crippen LogP contribution is -2.13. The first-order valence-corrected chi connectivity index (χ1v) is 4.70. The van der Waals surface area contributed by atoms with Crippen LogP contribution in [0.2, 0.25) is 0 Å². The van der Waals surface area contributed by atoms with Crippen molar-refractivity contribution >= 4 is 5.91 Å². The van der Waals surface area contributed by atoms with Crippen molar-refractivity contribution in [1.29, 1.82) is 0 Å². The summed E-state index contributed by atoms with van der Waals surface area (Å²) in [5.74, 6) is -1.17. The van der Waals surface area contributed by atoms with Gasteiger partial charge in [0, 0.05) is 11.8 Å². The second-order valence-corrected chi connectivity index (χ2v) is 3.24. The number of benzene rings is 1. The Morgan fingerprint density at radius 2 is 2.00 bits per heavy atom. The molecule has 80 valence electrons. The number of carbonyl (C=O) groups excluding carboxylic acids is 1. The van der Waals surface area contributed by atoms with Crippen molar-refractivity contribution in [1.82, 2.24) is 4.98 Å². The van der Waals surface area contributed by atoms with Gasteiger partial charge in [0.2, 0.25) is 5.91 Å². The standard InChI is InChI=1S/C12H9FN2O/c13-9-5-3-4-8(12(14)16)11(9)10-6-1-2-7-15-10/h1-7H,(H2,14,16). The first-order valence-electron chi connectivity index (χ1n) is 4.70. The van der Waals surface area contributed by atoms with E-state index in [0.717, 1.165) is 0 Å². The Bertz CT molecular complexity index is 526. The molecule has 4 heteroatoms. The molecule has 0 aliphatic rings. The number of amides is 1. The molecule has 0 radical (unpaired) electrons. The minimum absolute atomic E-state index is 0.138. The first kappa shape index (κ1) is 10.3. The fourth-order valence-corrected chi connectivity index (χ4v) is 1.50. The Kier molecular flexibility index (Phi) is 2.64. The van der Waals surface area contributed by atoms with Crippen molar-refractivity contribution in [2.45, 2.75) is 0 Å². The van der Waals surface area contributed by atoms with Crippen LogP contribution in [0.3, 0.4) is 0 Å². The van der Waals surface area contributed by atoms with Crippen LogP contribution in [0.15, 0.2) is 42.6 Å². The number of hydrogen-bond acceptors (Lipinski definition) is 2. The van der Waals surface area contributed by atoms with Gasteiger partial charge in [-0.1, -0.05) is 12.1 Å². The highest BCUT2D eigenvalue weighted by atomic mass is 19.1. The molecule has 3 nitrogen and oxygen atoms in total. The van der Waals surface area contributed by atoms with Gasteiger partial charge in [0.25, 0.3) is 0 Å². The zero-order chi connectivity index (χ0) is 11.5. The van der Waals surface area contributed by atoms with Gasteiger partial charge >= 0.3 is 0 Å². The molecule has 0 spiro atoms. The molecule has 16 heavy (non-hydrogen) atoms. The minimum Gasteiger partial charge on any atom is -0.366 e. The Labute approximate surface area is 91.7 Å². The smallest absolute Gasteiger partial charge is 0.249 e. The van der Waals surface area contributed by atoms with Crippen molar-refractivity contribution in [3.05, 3.63) is 54.0 Å². The van der Waals surface area contributed by atoms with Gasteiger partial charge in [0.15, 0.2) is 0 Å². The molecule has 1 heterocycles. The molecule has 2 aromatic rings. The normalized spacial score (nSPS) is 10.1. The Morgan fingerprint density at radius 1 is 1.19 bits per heavy atom. The number of nitrogens with two attached hydrogens (primary N) is 1. The predicted octanol–water partition coefficient (Wildman–Crippen LogP) is 1.99. The second kappa shape index (κ2) is 4.10. The van der Waals surface area contributed by atoms with Crippen LogP contribution in [0, 0.1) is 5.82 Å². The third kappa shape index (κ3) is 1.77. The summed E-state index contributed by atoms with van der Waals surface area (Å²) in [4.78, 5) is 15.2. The molecule has 0 saturated heterocycles. The lowest BCUT2D eigenvalue weighted by molar-refractivity contribution is 0.100. The van der Waals surface area contributed by atoms with Gasteiger partial charge in [-0.2, -0.15) is 0 Å². The molecule has 1 aromatic carbocycles. The van der Waals surface area contributed by atoms with E-state index in [0.29, 0.717) is 5.69 Å². The molecular weight excluding hydrogens is 207 g/mol. The molecule has 0 aliphatic heterocycles. The van der Waals surface area contributed by atoms with E-state index in [2.05, 4.69) is 4.98 Å². The summed E-state index contributed by atoms with van der Waals surface area (Å²) in [5, 5.41) is 0. The molecule has 0 fully saturated rings. The van der Waals surface area contributed by atoms with Crippen LogP contribution >= 0.6 is 0 Å². The van der Waals surface area contributed by atoms with E-state index >= 15 is 0 Å². The number of pyridine rings is 1. The van der Waals surface area contributed by atoms with E-state index in [1.54, 1.807) is 18.2 Å². The molecule has 1 aromatic heterocycles. The third-order valence-electron chi connectivity index (χ3n) is 2.20. The van der Waals surface area contributed by atoms with Crippen LogP contribution in [-0.4, -0.2) is 10.9 Å². The molecule has 2 rings (SSSR count).